The van der Waals surface area contributed by atoms with E-state index in [1.165, 1.54) is 51.6 Å². The predicted octanol–water partition coefficient (Wildman–Crippen LogP) is 3.24. The Hall–Kier alpha value is -0.0800. The number of aliphatic imine (C=N–C) groups is 1. The van der Waals surface area contributed by atoms with Crippen LogP contribution in [0.25, 0.3) is 0 Å². The van der Waals surface area contributed by atoms with Crippen LogP contribution < -0.4 is 10.6 Å². The number of guanidine groups is 1. The highest BCUT2D eigenvalue weighted by Gasteiger charge is 2.23. The minimum atomic E-state index is 0. The van der Waals surface area contributed by atoms with Gasteiger partial charge >= 0.3 is 0 Å². The number of likely N-dealkylation sites (tertiary alicyclic amines) is 1. The zero-order chi connectivity index (χ0) is 17.2. The molecule has 25 heavy (non-hydrogen) atoms. The molecule has 0 aliphatic carbocycles. The maximum absolute atomic E-state index is 5.68. The van der Waals surface area contributed by atoms with E-state index in [-0.39, 0.29) is 24.0 Å². The van der Waals surface area contributed by atoms with Gasteiger partial charge < -0.3 is 15.4 Å². The Kier molecular flexibility index (Phi) is 12.1. The first-order chi connectivity index (χ1) is 11.7. The third-order valence-corrected chi connectivity index (χ3v) is 5.36. The van der Waals surface area contributed by atoms with E-state index in [1.807, 2.05) is 7.05 Å². The monoisotopic (exact) mass is 466 g/mol. The van der Waals surface area contributed by atoms with Crippen LogP contribution in [0.4, 0.5) is 0 Å². The van der Waals surface area contributed by atoms with E-state index >= 15 is 0 Å². The molecular weight excluding hydrogens is 427 g/mol. The van der Waals surface area contributed by atoms with Crippen molar-refractivity contribution in [3.63, 3.8) is 0 Å². The first-order valence-electron chi connectivity index (χ1n) is 10.0. The van der Waals surface area contributed by atoms with E-state index in [0.29, 0.717) is 18.1 Å². The van der Waals surface area contributed by atoms with Crippen molar-refractivity contribution in [2.24, 2.45) is 10.9 Å². The second kappa shape index (κ2) is 13.1. The maximum Gasteiger partial charge on any atom is 0.191 e. The topological polar surface area (TPSA) is 48.9 Å². The number of nitrogens with zero attached hydrogens (tertiary/aromatic N) is 2. The van der Waals surface area contributed by atoms with Crippen molar-refractivity contribution < 1.29 is 4.74 Å². The fraction of sp³-hybridized carbons (Fsp3) is 0.947. The molecule has 2 unspecified atom stereocenters. The predicted molar refractivity (Wildman–Crippen MR) is 117 cm³/mol. The van der Waals surface area contributed by atoms with Gasteiger partial charge in [-0.05, 0) is 51.1 Å². The van der Waals surface area contributed by atoms with Crippen LogP contribution >= 0.6 is 24.0 Å². The van der Waals surface area contributed by atoms with Gasteiger partial charge in [0.15, 0.2) is 5.96 Å². The first-order valence-corrected chi connectivity index (χ1v) is 10.0. The number of halogens is 1. The van der Waals surface area contributed by atoms with E-state index in [0.717, 1.165) is 32.1 Å². The fourth-order valence-corrected chi connectivity index (χ4v) is 3.86. The van der Waals surface area contributed by atoms with Crippen LogP contribution in [0.2, 0.25) is 0 Å². The smallest absolute Gasteiger partial charge is 0.191 e. The largest absolute Gasteiger partial charge is 0.378 e. The second-order valence-corrected chi connectivity index (χ2v) is 7.57. The molecule has 2 aliphatic heterocycles. The molecule has 0 saturated carbocycles. The van der Waals surface area contributed by atoms with Gasteiger partial charge in [0.05, 0.1) is 6.10 Å². The van der Waals surface area contributed by atoms with Crippen molar-refractivity contribution in [2.45, 2.75) is 70.9 Å². The summed E-state index contributed by atoms with van der Waals surface area (Å²) >= 11 is 0. The van der Waals surface area contributed by atoms with Crippen LogP contribution in [0.5, 0.6) is 0 Å². The molecule has 5 nitrogen and oxygen atoms in total. The van der Waals surface area contributed by atoms with Crippen LogP contribution in [-0.4, -0.2) is 62.8 Å². The molecule has 2 heterocycles. The first kappa shape index (κ1) is 23.0. The third-order valence-electron chi connectivity index (χ3n) is 5.36. The average Bonchev–Trinajstić information content (AvgIpc) is 2.94. The number of nitrogens with one attached hydrogen (secondary N) is 2. The lowest BCUT2D eigenvalue weighted by atomic mass is 10.0. The summed E-state index contributed by atoms with van der Waals surface area (Å²) < 4.78 is 5.68. The van der Waals surface area contributed by atoms with Crippen molar-refractivity contribution in [2.75, 3.05) is 39.8 Å². The maximum atomic E-state index is 5.68. The quantitative estimate of drug-likeness (QED) is 0.344. The molecule has 148 valence electrons. The van der Waals surface area contributed by atoms with Gasteiger partial charge in [-0.2, -0.15) is 0 Å². The molecule has 0 aromatic heterocycles. The molecule has 2 N–H and O–H groups in total. The van der Waals surface area contributed by atoms with Gasteiger partial charge in [-0.15, -0.1) is 24.0 Å². The van der Waals surface area contributed by atoms with Crippen LogP contribution in [0.15, 0.2) is 4.99 Å². The van der Waals surface area contributed by atoms with Gasteiger partial charge in [-0.3, -0.25) is 9.89 Å². The molecule has 0 aromatic rings. The van der Waals surface area contributed by atoms with Crippen molar-refractivity contribution in [3.8, 4) is 0 Å². The Morgan fingerprint density at radius 1 is 1.12 bits per heavy atom. The number of hydrogen-bond acceptors (Lipinski definition) is 3. The molecule has 2 atom stereocenters. The molecule has 0 bridgehead atoms. The summed E-state index contributed by atoms with van der Waals surface area (Å²) in [7, 11) is 1.86. The lowest BCUT2D eigenvalue weighted by Crippen LogP contribution is -2.50. The Bertz CT molecular complexity index is 364. The highest BCUT2D eigenvalue weighted by Crippen LogP contribution is 2.17. The normalized spacial score (nSPS) is 23.8. The van der Waals surface area contributed by atoms with Gasteiger partial charge in [0.2, 0.25) is 0 Å². The molecular formula is C19H39IN4O. The number of hydrogen-bond donors (Lipinski definition) is 2. The van der Waals surface area contributed by atoms with E-state index in [2.05, 4.69) is 34.4 Å². The molecule has 2 rings (SSSR count). The van der Waals surface area contributed by atoms with Crippen LogP contribution in [-0.2, 0) is 4.74 Å². The number of ether oxygens (including phenoxy) is 1. The van der Waals surface area contributed by atoms with Gasteiger partial charge in [0.1, 0.15) is 0 Å². The fourth-order valence-electron chi connectivity index (χ4n) is 3.86. The summed E-state index contributed by atoms with van der Waals surface area (Å²) in [5, 5.41) is 7.00. The van der Waals surface area contributed by atoms with Gasteiger partial charge in [-0.25, -0.2) is 0 Å². The van der Waals surface area contributed by atoms with Gasteiger partial charge in [-0.1, -0.05) is 26.7 Å². The van der Waals surface area contributed by atoms with Crippen LogP contribution in [0.3, 0.4) is 0 Å². The minimum Gasteiger partial charge on any atom is -0.378 e. The highest BCUT2D eigenvalue weighted by molar-refractivity contribution is 14.0. The zero-order valence-corrected chi connectivity index (χ0v) is 18.8. The van der Waals surface area contributed by atoms with Crippen molar-refractivity contribution in [3.05, 3.63) is 0 Å². The third kappa shape index (κ3) is 8.43. The molecule has 6 heteroatoms. The average molecular weight is 466 g/mol. The summed E-state index contributed by atoms with van der Waals surface area (Å²) in [6, 6.07) is 0.583. The summed E-state index contributed by atoms with van der Waals surface area (Å²) in [5.74, 6) is 1.58. The molecule has 0 amide bonds. The summed E-state index contributed by atoms with van der Waals surface area (Å²) in [6.07, 6.45) is 9.40. The van der Waals surface area contributed by atoms with Crippen LogP contribution in [0.1, 0.15) is 58.8 Å². The highest BCUT2D eigenvalue weighted by atomic mass is 127. The lowest BCUT2D eigenvalue weighted by molar-refractivity contribution is 0.105. The Morgan fingerprint density at radius 2 is 1.84 bits per heavy atom. The lowest BCUT2D eigenvalue weighted by Gasteiger charge is -2.34. The Labute approximate surface area is 171 Å². The number of rotatable bonds is 7. The summed E-state index contributed by atoms with van der Waals surface area (Å²) in [4.78, 5) is 7.07. The molecule has 2 saturated heterocycles. The van der Waals surface area contributed by atoms with Crippen molar-refractivity contribution in [1.29, 1.82) is 0 Å². The van der Waals surface area contributed by atoms with E-state index < -0.39 is 0 Å². The SMILES string of the molecule is CN=C(NCCC1CCCO1)NCC(C(C)C)N1CCCCCC1.I. The molecule has 2 fully saturated rings. The van der Waals surface area contributed by atoms with Gasteiger partial charge in [0, 0.05) is 32.8 Å². The second-order valence-electron chi connectivity index (χ2n) is 7.57. The van der Waals surface area contributed by atoms with E-state index in [9.17, 15) is 0 Å². The zero-order valence-electron chi connectivity index (χ0n) is 16.4. The Morgan fingerprint density at radius 3 is 2.40 bits per heavy atom. The molecule has 0 aromatic carbocycles. The van der Waals surface area contributed by atoms with Gasteiger partial charge in [0.25, 0.3) is 0 Å². The van der Waals surface area contributed by atoms with Crippen LogP contribution in [0, 0.1) is 5.92 Å². The Balaban J connectivity index is 0.00000312. The molecule has 0 radical (unpaired) electrons. The van der Waals surface area contributed by atoms with E-state index in [1.54, 1.807) is 0 Å². The van der Waals surface area contributed by atoms with E-state index in [4.69, 9.17) is 4.74 Å². The molecule has 0 spiro atoms. The minimum absolute atomic E-state index is 0. The molecule has 2 aliphatic rings. The van der Waals surface area contributed by atoms with Crippen molar-refractivity contribution >= 4 is 29.9 Å². The summed E-state index contributed by atoms with van der Waals surface area (Å²) in [5.41, 5.74) is 0. The standard InChI is InChI=1S/C19H38N4O.HI/c1-16(2)18(23-12-6-4-5-7-13-23)15-22-19(20-3)21-11-10-17-9-8-14-24-17;/h16-18H,4-15H2,1-3H3,(H2,20,21,22);1H. The summed E-state index contributed by atoms with van der Waals surface area (Å²) in [6.45, 7) is 10.0. The van der Waals surface area contributed by atoms with Crippen molar-refractivity contribution in [1.82, 2.24) is 15.5 Å².